The van der Waals surface area contributed by atoms with Crippen molar-refractivity contribution in [1.82, 2.24) is 4.90 Å². The topological polar surface area (TPSA) is 72.8 Å². The zero-order valence-electron chi connectivity index (χ0n) is 12.2. The minimum Gasteiger partial charge on any atom is -0.504 e. The van der Waals surface area contributed by atoms with E-state index in [1.165, 1.54) is 12.1 Å². The summed E-state index contributed by atoms with van der Waals surface area (Å²) in [7, 11) is 0. The number of nitrogens with zero attached hydrogens (tertiary/aromatic N) is 1. The van der Waals surface area contributed by atoms with Crippen molar-refractivity contribution in [2.24, 2.45) is 0 Å². The predicted molar refractivity (Wildman–Crippen MR) is 79.7 cm³/mol. The maximum atomic E-state index is 12.9. The summed E-state index contributed by atoms with van der Waals surface area (Å²) in [5.41, 5.74) is 0.761. The molecule has 1 atom stereocenters. The van der Waals surface area contributed by atoms with Gasteiger partial charge in [0.15, 0.2) is 11.5 Å². The van der Waals surface area contributed by atoms with E-state index in [-0.39, 0.29) is 11.1 Å². The Kier molecular flexibility index (Phi) is 3.75. The van der Waals surface area contributed by atoms with Crippen LogP contribution in [-0.2, 0) is 0 Å². The van der Waals surface area contributed by atoms with E-state index in [2.05, 4.69) is 5.32 Å². The second-order valence-electron chi connectivity index (χ2n) is 5.39. The van der Waals surface area contributed by atoms with Crippen LogP contribution in [0.15, 0.2) is 42.5 Å². The van der Waals surface area contributed by atoms with Gasteiger partial charge in [0.1, 0.15) is 12.7 Å². The second-order valence-corrected chi connectivity index (χ2v) is 5.39. The zero-order valence-corrected chi connectivity index (χ0v) is 12.2. The van der Waals surface area contributed by atoms with Crippen LogP contribution in [-0.4, -0.2) is 33.7 Å². The van der Waals surface area contributed by atoms with Gasteiger partial charge in [0.2, 0.25) is 0 Å². The minimum absolute atomic E-state index is 0.140. The molecule has 0 radical (unpaired) electrons. The maximum Gasteiger partial charge on any atom is 0.406 e. The van der Waals surface area contributed by atoms with Crippen molar-refractivity contribution in [1.29, 1.82) is 0 Å². The molecule has 0 bridgehead atoms. The largest absolute Gasteiger partial charge is 0.504 e. The first-order valence-electron chi connectivity index (χ1n) is 7.01. The van der Waals surface area contributed by atoms with Crippen LogP contribution in [0.2, 0.25) is 0 Å². The number of halogens is 3. The van der Waals surface area contributed by atoms with E-state index in [4.69, 9.17) is 0 Å². The first-order chi connectivity index (χ1) is 11.3. The van der Waals surface area contributed by atoms with E-state index in [1.54, 1.807) is 18.2 Å². The number of para-hydroxylation sites is 1. The zero-order chi connectivity index (χ0) is 17.5. The standard InChI is InChI=1S/C16H13F3N2O3/c17-16(18,19)8-21-14(9-5-6-12(22)13(23)7-9)20-11-4-2-1-3-10(11)15(21)24/h1-7,14,20,22-23H,8H2/t14-/m1/s1. The SMILES string of the molecule is O=C1c2ccccc2N[C@@H](c2ccc(O)c(O)c2)N1CC(F)(F)F. The first-order valence-corrected chi connectivity index (χ1v) is 7.01. The number of phenolic OH excluding ortho intramolecular Hbond substituents is 2. The summed E-state index contributed by atoms with van der Waals surface area (Å²) in [6.45, 7) is -1.44. The van der Waals surface area contributed by atoms with Crippen LogP contribution in [0.25, 0.3) is 0 Å². The number of amides is 1. The highest BCUT2D eigenvalue weighted by Crippen LogP contribution is 2.37. The number of aromatic hydroxyl groups is 2. The Morgan fingerprint density at radius 1 is 1.08 bits per heavy atom. The molecule has 0 saturated carbocycles. The quantitative estimate of drug-likeness (QED) is 0.735. The van der Waals surface area contributed by atoms with Gasteiger partial charge in [-0.25, -0.2) is 0 Å². The smallest absolute Gasteiger partial charge is 0.406 e. The van der Waals surface area contributed by atoms with E-state index in [9.17, 15) is 28.2 Å². The second kappa shape index (κ2) is 5.63. The van der Waals surface area contributed by atoms with Crippen molar-refractivity contribution in [3.05, 3.63) is 53.6 Å². The number of alkyl halides is 3. The highest BCUT2D eigenvalue weighted by Gasteiger charge is 2.40. The number of fused-ring (bicyclic) bond motifs is 1. The van der Waals surface area contributed by atoms with Gasteiger partial charge in [-0.05, 0) is 29.8 Å². The summed E-state index contributed by atoms with van der Waals surface area (Å²) in [6, 6.07) is 9.88. The van der Waals surface area contributed by atoms with Crippen LogP contribution in [0.1, 0.15) is 22.1 Å². The molecule has 0 aliphatic carbocycles. The summed E-state index contributed by atoms with van der Waals surface area (Å²) in [4.78, 5) is 13.2. The van der Waals surface area contributed by atoms with Crippen LogP contribution in [0, 0.1) is 0 Å². The average Bonchev–Trinajstić information content (AvgIpc) is 2.52. The number of hydrogen-bond acceptors (Lipinski definition) is 4. The average molecular weight is 338 g/mol. The van der Waals surface area contributed by atoms with E-state index < -0.39 is 36.3 Å². The van der Waals surface area contributed by atoms with Gasteiger partial charge >= 0.3 is 6.18 Å². The monoisotopic (exact) mass is 338 g/mol. The molecule has 2 aromatic carbocycles. The molecule has 3 N–H and O–H groups in total. The van der Waals surface area contributed by atoms with Crippen LogP contribution < -0.4 is 5.32 Å². The van der Waals surface area contributed by atoms with Gasteiger partial charge < -0.3 is 20.4 Å². The number of benzene rings is 2. The highest BCUT2D eigenvalue weighted by molar-refractivity contribution is 6.01. The van der Waals surface area contributed by atoms with Gasteiger partial charge in [-0.2, -0.15) is 13.2 Å². The van der Waals surface area contributed by atoms with Gasteiger partial charge in [-0.1, -0.05) is 18.2 Å². The molecule has 8 heteroatoms. The van der Waals surface area contributed by atoms with Gasteiger partial charge in [-0.3, -0.25) is 4.79 Å². The van der Waals surface area contributed by atoms with Gasteiger partial charge in [0, 0.05) is 5.69 Å². The Bertz CT molecular complexity index is 792. The Hall–Kier alpha value is -2.90. The van der Waals surface area contributed by atoms with E-state index in [0.717, 1.165) is 12.1 Å². The number of hydrogen-bond donors (Lipinski definition) is 3. The molecule has 5 nitrogen and oxygen atoms in total. The fourth-order valence-corrected chi connectivity index (χ4v) is 2.62. The molecule has 126 valence electrons. The number of nitrogens with one attached hydrogen (secondary N) is 1. The van der Waals surface area contributed by atoms with E-state index >= 15 is 0 Å². The third-order valence-corrected chi connectivity index (χ3v) is 3.69. The number of anilines is 1. The molecule has 24 heavy (non-hydrogen) atoms. The molecule has 1 aliphatic heterocycles. The summed E-state index contributed by atoms with van der Waals surface area (Å²) in [5.74, 6) is -1.64. The Balaban J connectivity index is 2.07. The van der Waals surface area contributed by atoms with Gasteiger partial charge in [0.05, 0.1) is 5.56 Å². The number of phenols is 2. The van der Waals surface area contributed by atoms with E-state index in [0.29, 0.717) is 10.6 Å². The summed E-state index contributed by atoms with van der Waals surface area (Å²) in [6.07, 6.45) is -5.71. The van der Waals surface area contributed by atoms with Gasteiger partial charge in [-0.15, -0.1) is 0 Å². The third-order valence-electron chi connectivity index (χ3n) is 3.69. The molecule has 0 unspecified atom stereocenters. The van der Waals surface area contributed by atoms with Crippen molar-refractivity contribution in [2.75, 3.05) is 11.9 Å². The molecule has 0 fully saturated rings. The molecule has 2 aromatic rings. The predicted octanol–water partition coefficient (Wildman–Crippen LogP) is 3.23. The molecule has 0 spiro atoms. The first kappa shape index (κ1) is 16.0. The number of carbonyl (C=O) groups excluding carboxylic acids is 1. The fraction of sp³-hybridized carbons (Fsp3) is 0.188. The summed E-state index contributed by atoms with van der Waals surface area (Å²) >= 11 is 0. The van der Waals surface area contributed by atoms with Crippen LogP contribution in [0.4, 0.5) is 18.9 Å². The Morgan fingerprint density at radius 2 is 1.79 bits per heavy atom. The van der Waals surface area contributed by atoms with Crippen molar-refractivity contribution in [2.45, 2.75) is 12.3 Å². The normalized spacial score (nSPS) is 17.4. The summed E-state index contributed by atoms with van der Waals surface area (Å²) < 4.78 is 38.7. The molecule has 0 saturated heterocycles. The molecular weight excluding hydrogens is 325 g/mol. The third kappa shape index (κ3) is 2.94. The molecule has 1 amide bonds. The lowest BCUT2D eigenvalue weighted by atomic mass is 10.0. The van der Waals surface area contributed by atoms with Crippen LogP contribution >= 0.6 is 0 Å². The van der Waals surface area contributed by atoms with Crippen molar-refractivity contribution < 1.29 is 28.2 Å². The number of rotatable bonds is 2. The van der Waals surface area contributed by atoms with Crippen molar-refractivity contribution in [3.8, 4) is 11.5 Å². The lowest BCUT2D eigenvalue weighted by Crippen LogP contribution is -2.47. The Labute approximate surface area is 134 Å². The van der Waals surface area contributed by atoms with Crippen molar-refractivity contribution in [3.63, 3.8) is 0 Å². The minimum atomic E-state index is -4.58. The van der Waals surface area contributed by atoms with Gasteiger partial charge in [0.25, 0.3) is 5.91 Å². The Morgan fingerprint density at radius 3 is 2.46 bits per heavy atom. The molecule has 1 aliphatic rings. The highest BCUT2D eigenvalue weighted by atomic mass is 19.4. The van der Waals surface area contributed by atoms with Crippen LogP contribution in [0.3, 0.4) is 0 Å². The lowest BCUT2D eigenvalue weighted by Gasteiger charge is -2.38. The number of carbonyl (C=O) groups is 1. The maximum absolute atomic E-state index is 12.9. The van der Waals surface area contributed by atoms with Crippen molar-refractivity contribution >= 4 is 11.6 Å². The van der Waals surface area contributed by atoms with Crippen LogP contribution in [0.5, 0.6) is 11.5 Å². The summed E-state index contributed by atoms with van der Waals surface area (Å²) in [5, 5.41) is 21.9. The lowest BCUT2D eigenvalue weighted by molar-refractivity contribution is -0.144. The molecular formula is C16H13F3N2O3. The molecule has 0 aromatic heterocycles. The molecule has 3 rings (SSSR count). The van der Waals surface area contributed by atoms with E-state index in [1.807, 2.05) is 0 Å². The fourth-order valence-electron chi connectivity index (χ4n) is 2.62. The molecule has 1 heterocycles.